The summed E-state index contributed by atoms with van der Waals surface area (Å²) >= 11 is 14.6. The van der Waals surface area contributed by atoms with Gasteiger partial charge < -0.3 is 39.8 Å². The first-order chi connectivity index (χ1) is 39.3. The highest BCUT2D eigenvalue weighted by molar-refractivity contribution is 7.17. The van der Waals surface area contributed by atoms with E-state index < -0.39 is 11.9 Å². The van der Waals surface area contributed by atoms with Gasteiger partial charge in [0.15, 0.2) is 5.75 Å². The van der Waals surface area contributed by atoms with Crippen molar-refractivity contribution in [3.05, 3.63) is 129 Å². The molecule has 3 N–H and O–H groups in total. The standard InChI is InChI=1S/C46H49ClFN9O4S.C14H13ClN2O2/c1-25(2)41(45(58)56-16-6-7-26(56)3)57-21-37(53-54-57)29-10-8-28(9-11-29)23-60-42-39(33-14-15-36(48)43-38(33)30(18-49)24-62-43)35(47)17-34-40(42)51-46(61-22-27(4)59-5)52-44(34)55-19-31-12-13-32(20-55)50-31;15-13-7-16-6-5-12(13)10-1-3-11(4-2-10)14(8-18)17-9-19/h8-11,14-15,17,21,24-27,31-32,41,50H,6-7,12-13,16,19-20,22-23H2,1-5H3;1-7,9,14,18H,8H2,(H,17,19)/t26?,27-,31?,32?,41?;/m0./s1. The Bertz CT molecular complexity index is 3590. The van der Waals surface area contributed by atoms with Gasteiger partial charge in [-0.2, -0.15) is 15.2 Å². The zero-order valence-electron chi connectivity index (χ0n) is 45.5. The molecule has 0 aliphatic carbocycles. The number of methoxy groups -OCH3 is 1. The Labute approximate surface area is 483 Å². The molecule has 3 fully saturated rings. The molecule has 4 aromatic heterocycles. The van der Waals surface area contributed by atoms with Crippen LogP contribution < -0.4 is 25.0 Å². The number of amides is 2. The maximum Gasteiger partial charge on any atom is 0.319 e. The minimum absolute atomic E-state index is 0.0268. The van der Waals surface area contributed by atoms with Crippen LogP contribution in [0.2, 0.25) is 10.0 Å². The van der Waals surface area contributed by atoms with Crippen molar-refractivity contribution in [3.63, 3.8) is 0 Å². The van der Waals surface area contributed by atoms with E-state index in [1.165, 1.54) is 17.4 Å². The quantitative estimate of drug-likeness (QED) is 0.0684. The Morgan fingerprint density at radius 2 is 1.74 bits per heavy atom. The number of aliphatic hydroxyl groups excluding tert-OH is 1. The van der Waals surface area contributed by atoms with Gasteiger partial charge in [-0.1, -0.05) is 96.9 Å². The number of thiophene rings is 1. The first-order valence-electron chi connectivity index (χ1n) is 27.0. The molecule has 2 bridgehead atoms. The van der Waals surface area contributed by atoms with Crippen LogP contribution in [0.1, 0.15) is 82.2 Å². The fourth-order valence-corrected chi connectivity index (χ4v) is 12.4. The largest absolute Gasteiger partial charge is 0.486 e. The Balaban J connectivity index is 0.000000328. The SMILES string of the molecule is CO[C@@H](C)COc1nc(N2CC3CCC(C2)N3)c2cc(Cl)c(-c3ccc(F)c4scc(C#N)c34)c(OCc3ccc(-c4cn(C(C(=O)N5CCCC5C)C(C)C)nn4)cc3)c2n1.O=CNC(CO)c1ccc(-c2ccncc2Cl)cc1. The number of pyridine rings is 1. The summed E-state index contributed by atoms with van der Waals surface area (Å²) < 4.78 is 35.9. The van der Waals surface area contributed by atoms with Crippen molar-refractivity contribution in [3.8, 4) is 51.3 Å². The molecule has 6 atom stereocenters. The highest BCUT2D eigenvalue weighted by atomic mass is 35.5. The van der Waals surface area contributed by atoms with Crippen molar-refractivity contribution in [2.75, 3.05) is 44.9 Å². The number of rotatable bonds is 18. The number of aromatic nitrogens is 6. The molecular formula is C60H62Cl2FN11O6S. The van der Waals surface area contributed by atoms with Crippen molar-refractivity contribution >= 4 is 73.7 Å². The van der Waals surface area contributed by atoms with Gasteiger partial charge in [-0.25, -0.2) is 9.07 Å². The summed E-state index contributed by atoms with van der Waals surface area (Å²) in [6.45, 7) is 10.5. The smallest absolute Gasteiger partial charge is 0.319 e. The second kappa shape index (κ2) is 25.2. The molecule has 7 heterocycles. The fraction of sp³-hybridized carbons (Fsp3) is 0.367. The average Bonchev–Trinajstić information content (AvgIpc) is 4.32. The second-order valence-corrected chi connectivity index (χ2v) is 22.7. The Kier molecular flexibility index (Phi) is 17.7. The number of carbonyl (C=O) groups excluding carboxylic acids is 2. The van der Waals surface area contributed by atoms with Crippen LogP contribution in [-0.4, -0.2) is 116 Å². The van der Waals surface area contributed by atoms with Gasteiger partial charge in [-0.15, -0.1) is 16.4 Å². The maximum absolute atomic E-state index is 15.3. The Hall–Kier alpha value is -7.31. The van der Waals surface area contributed by atoms with Gasteiger partial charge in [-0.05, 0) is 85.9 Å². The summed E-state index contributed by atoms with van der Waals surface area (Å²) in [4.78, 5) is 42.2. The van der Waals surface area contributed by atoms with Gasteiger partial charge in [0.05, 0.1) is 45.3 Å². The van der Waals surface area contributed by atoms with E-state index in [-0.39, 0.29) is 55.8 Å². The number of anilines is 1. The normalized spacial score (nSPS) is 17.9. The topological polar surface area (TPSA) is 206 Å². The van der Waals surface area contributed by atoms with E-state index in [4.69, 9.17) is 47.4 Å². The number of nitrogens with zero attached hydrogens (tertiary/aromatic N) is 9. The van der Waals surface area contributed by atoms with E-state index in [9.17, 15) is 20.0 Å². The van der Waals surface area contributed by atoms with Crippen molar-refractivity contribution in [2.24, 2.45) is 5.92 Å². The van der Waals surface area contributed by atoms with Crippen LogP contribution in [0.3, 0.4) is 0 Å². The number of nitriles is 1. The Morgan fingerprint density at radius 3 is 2.41 bits per heavy atom. The lowest BCUT2D eigenvalue weighted by Crippen LogP contribution is -2.51. The van der Waals surface area contributed by atoms with Crippen molar-refractivity contribution in [2.45, 2.75) is 96.3 Å². The van der Waals surface area contributed by atoms with Gasteiger partial charge in [0.2, 0.25) is 12.3 Å². The van der Waals surface area contributed by atoms with Crippen LogP contribution in [0.5, 0.6) is 11.8 Å². The van der Waals surface area contributed by atoms with E-state index in [0.717, 1.165) is 73.1 Å². The maximum atomic E-state index is 15.3. The summed E-state index contributed by atoms with van der Waals surface area (Å²) in [5.41, 5.74) is 6.85. The number of carbonyl (C=O) groups is 2. The summed E-state index contributed by atoms with van der Waals surface area (Å²) in [5, 5.41) is 38.2. The molecule has 8 aromatic rings. The highest BCUT2D eigenvalue weighted by Gasteiger charge is 2.36. The first kappa shape index (κ1) is 56.9. The lowest BCUT2D eigenvalue weighted by Gasteiger charge is -2.34. The molecule has 420 valence electrons. The highest BCUT2D eigenvalue weighted by Crippen LogP contribution is 2.49. The zero-order chi connectivity index (χ0) is 56.9. The lowest BCUT2D eigenvalue weighted by molar-refractivity contribution is -0.137. The number of piperazine rings is 1. The number of ether oxygens (including phenoxy) is 3. The zero-order valence-corrected chi connectivity index (χ0v) is 47.8. The third kappa shape index (κ3) is 12.2. The molecule has 11 rings (SSSR count). The number of halogens is 3. The number of hydrogen-bond donors (Lipinski definition) is 3. The molecule has 17 nitrogen and oxygen atoms in total. The predicted molar refractivity (Wildman–Crippen MR) is 312 cm³/mol. The third-order valence-corrected chi connectivity index (χ3v) is 16.9. The van der Waals surface area contributed by atoms with Gasteiger partial charge in [-0.3, -0.25) is 14.6 Å². The minimum Gasteiger partial charge on any atom is -0.486 e. The number of benzene rings is 4. The molecule has 4 aromatic carbocycles. The lowest BCUT2D eigenvalue weighted by atomic mass is 9.96. The van der Waals surface area contributed by atoms with Crippen LogP contribution in [-0.2, 0) is 20.9 Å². The molecule has 2 amide bonds. The molecule has 21 heteroatoms. The second-order valence-electron chi connectivity index (χ2n) is 21.0. The summed E-state index contributed by atoms with van der Waals surface area (Å²) in [6.07, 6.45) is 9.65. The summed E-state index contributed by atoms with van der Waals surface area (Å²) in [5.74, 6) is 0.706. The summed E-state index contributed by atoms with van der Waals surface area (Å²) in [7, 11) is 1.62. The number of aliphatic hydroxyl groups is 1. The molecule has 3 saturated heterocycles. The molecule has 81 heavy (non-hydrogen) atoms. The van der Waals surface area contributed by atoms with Crippen LogP contribution in [0.4, 0.5) is 10.2 Å². The fourth-order valence-electron chi connectivity index (χ4n) is 11.0. The van der Waals surface area contributed by atoms with Crippen LogP contribution in [0.25, 0.3) is 54.5 Å². The van der Waals surface area contributed by atoms with Gasteiger partial charge in [0.25, 0.3) is 0 Å². The van der Waals surface area contributed by atoms with E-state index >= 15 is 4.39 Å². The van der Waals surface area contributed by atoms with Crippen molar-refractivity contribution in [1.82, 2.24) is 45.5 Å². The van der Waals surface area contributed by atoms with Crippen LogP contribution in [0.15, 0.2) is 96.8 Å². The van der Waals surface area contributed by atoms with E-state index in [1.54, 1.807) is 35.6 Å². The van der Waals surface area contributed by atoms with E-state index in [0.29, 0.717) is 83.5 Å². The number of hydrogen-bond acceptors (Lipinski definition) is 15. The molecule has 0 saturated carbocycles. The van der Waals surface area contributed by atoms with Gasteiger partial charge >= 0.3 is 6.01 Å². The van der Waals surface area contributed by atoms with Crippen molar-refractivity contribution < 1.29 is 33.3 Å². The molecular weight excluding hydrogens is 1090 g/mol. The minimum atomic E-state index is -0.452. The first-order valence-corrected chi connectivity index (χ1v) is 28.7. The molecule has 0 spiro atoms. The van der Waals surface area contributed by atoms with Gasteiger partial charge in [0.1, 0.15) is 48.2 Å². The van der Waals surface area contributed by atoms with Gasteiger partial charge in [0, 0.05) is 90.1 Å². The number of nitrogens with one attached hydrogen (secondary N) is 2. The molecule has 0 radical (unpaired) electrons. The predicted octanol–water partition coefficient (Wildman–Crippen LogP) is 10.8. The molecule has 3 aliphatic heterocycles. The van der Waals surface area contributed by atoms with Crippen LogP contribution in [0, 0.1) is 23.1 Å². The van der Waals surface area contributed by atoms with Crippen LogP contribution >= 0.6 is 34.5 Å². The monoisotopic (exact) mass is 1150 g/mol. The van der Waals surface area contributed by atoms with Crippen molar-refractivity contribution in [1.29, 1.82) is 5.26 Å². The number of likely N-dealkylation sites (tertiary alicyclic amines) is 1. The molecule has 3 aliphatic rings. The Morgan fingerprint density at radius 1 is 0.988 bits per heavy atom. The molecule has 5 unspecified atom stereocenters. The van der Waals surface area contributed by atoms with E-state index in [2.05, 4.69) is 43.8 Å². The average molecular weight is 1160 g/mol. The van der Waals surface area contributed by atoms with E-state index in [1.807, 2.05) is 92.5 Å². The number of fused-ring (bicyclic) bond motifs is 4. The third-order valence-electron chi connectivity index (χ3n) is 15.3. The summed E-state index contributed by atoms with van der Waals surface area (Å²) in [6, 6.07) is 24.4.